The van der Waals surface area contributed by atoms with Crippen LogP contribution < -0.4 is 0 Å². The van der Waals surface area contributed by atoms with Gasteiger partial charge < -0.3 is 14.7 Å². The molecule has 3 nitrogen and oxygen atoms in total. The first-order valence-corrected chi connectivity index (χ1v) is 11.0. The van der Waals surface area contributed by atoms with Crippen LogP contribution in [0.15, 0.2) is 0 Å². The Morgan fingerprint density at radius 1 is 0.500 bits per heavy atom. The molecule has 0 saturated carbocycles. The zero-order valence-electron chi connectivity index (χ0n) is 16.4. The molecule has 3 heteroatoms. The average molecular weight is 336 g/mol. The Kier molecular flexibility index (Phi) is 7.42. The van der Waals surface area contributed by atoms with Crippen molar-refractivity contribution in [1.82, 2.24) is 14.7 Å². The number of hydrogen-bond acceptors (Lipinski definition) is 3. The minimum absolute atomic E-state index is 0.795. The van der Waals surface area contributed by atoms with Crippen molar-refractivity contribution in [3.8, 4) is 0 Å². The van der Waals surface area contributed by atoms with Crippen molar-refractivity contribution in [1.29, 1.82) is 0 Å². The summed E-state index contributed by atoms with van der Waals surface area (Å²) in [5.41, 5.74) is 0. The van der Waals surface area contributed by atoms with E-state index in [1.165, 1.54) is 103 Å². The van der Waals surface area contributed by atoms with Crippen molar-refractivity contribution in [3.63, 3.8) is 0 Å². The van der Waals surface area contributed by atoms with Crippen molar-refractivity contribution in [2.45, 2.75) is 96.2 Å². The highest BCUT2D eigenvalue weighted by molar-refractivity contribution is 4.82. The summed E-state index contributed by atoms with van der Waals surface area (Å²) < 4.78 is 0. The molecule has 3 saturated heterocycles. The Morgan fingerprint density at radius 2 is 0.917 bits per heavy atom. The minimum atomic E-state index is 0.795. The lowest BCUT2D eigenvalue weighted by Gasteiger charge is -2.38. The summed E-state index contributed by atoms with van der Waals surface area (Å²) in [5, 5.41) is 0. The fourth-order valence-electron chi connectivity index (χ4n) is 4.99. The van der Waals surface area contributed by atoms with Crippen LogP contribution >= 0.6 is 0 Å². The summed E-state index contributed by atoms with van der Waals surface area (Å²) in [4.78, 5) is 8.26. The lowest BCUT2D eigenvalue weighted by atomic mass is 9.96. The summed E-state index contributed by atoms with van der Waals surface area (Å²) in [6.07, 6.45) is 14.2. The standard InChI is InChI=1S/C21H41N3/c1-19(22-13-4-3-5-14-22)9-11-21(24-15-6-7-16-24)12-10-20(2)23-17-8-18-23/h19-21H,3-18H2,1-2H3. The summed E-state index contributed by atoms with van der Waals surface area (Å²) in [6.45, 7) is 13.1. The SMILES string of the molecule is CC(CCC(CCC(C)N1CCC1)N1CCCC1)N1CCCCC1. The smallest absolute Gasteiger partial charge is 0.00964 e. The molecule has 0 amide bonds. The van der Waals surface area contributed by atoms with Crippen LogP contribution in [0.1, 0.15) is 78.1 Å². The van der Waals surface area contributed by atoms with E-state index in [4.69, 9.17) is 0 Å². The summed E-state index contributed by atoms with van der Waals surface area (Å²) in [7, 11) is 0. The minimum Gasteiger partial charge on any atom is -0.301 e. The highest BCUT2D eigenvalue weighted by Gasteiger charge is 2.26. The van der Waals surface area contributed by atoms with Gasteiger partial charge in [-0.2, -0.15) is 0 Å². The van der Waals surface area contributed by atoms with Crippen LogP contribution in [0, 0.1) is 0 Å². The highest BCUT2D eigenvalue weighted by atomic mass is 15.2. The van der Waals surface area contributed by atoms with Crippen LogP contribution in [-0.2, 0) is 0 Å². The van der Waals surface area contributed by atoms with E-state index in [1.807, 2.05) is 0 Å². The molecular formula is C21H41N3. The van der Waals surface area contributed by atoms with Gasteiger partial charge in [0.1, 0.15) is 0 Å². The third kappa shape index (κ3) is 5.19. The molecule has 0 N–H and O–H groups in total. The molecule has 3 aliphatic rings. The fraction of sp³-hybridized carbons (Fsp3) is 1.00. The molecule has 3 aliphatic heterocycles. The number of piperidine rings is 1. The lowest BCUT2D eigenvalue weighted by Crippen LogP contribution is -2.44. The van der Waals surface area contributed by atoms with Gasteiger partial charge in [-0.15, -0.1) is 0 Å². The fourth-order valence-corrected chi connectivity index (χ4v) is 4.99. The predicted molar refractivity (Wildman–Crippen MR) is 104 cm³/mol. The second-order valence-electron chi connectivity index (χ2n) is 8.74. The molecule has 0 bridgehead atoms. The maximum Gasteiger partial charge on any atom is 0.00964 e. The van der Waals surface area contributed by atoms with E-state index in [2.05, 4.69) is 28.5 Å². The molecule has 3 heterocycles. The van der Waals surface area contributed by atoms with Gasteiger partial charge >= 0.3 is 0 Å². The Hall–Kier alpha value is -0.120. The van der Waals surface area contributed by atoms with Crippen LogP contribution in [0.2, 0.25) is 0 Å². The number of hydrogen-bond donors (Lipinski definition) is 0. The van der Waals surface area contributed by atoms with Crippen LogP contribution in [-0.4, -0.2) is 72.1 Å². The van der Waals surface area contributed by atoms with Crippen molar-refractivity contribution in [2.75, 3.05) is 39.3 Å². The third-order valence-corrected chi connectivity index (χ3v) is 7.02. The predicted octanol–water partition coefficient (Wildman–Crippen LogP) is 3.98. The molecule has 0 aromatic rings. The van der Waals surface area contributed by atoms with Crippen molar-refractivity contribution in [3.05, 3.63) is 0 Å². The second kappa shape index (κ2) is 9.54. The number of nitrogens with zero attached hydrogens (tertiary/aromatic N) is 3. The molecular weight excluding hydrogens is 294 g/mol. The van der Waals surface area contributed by atoms with Crippen molar-refractivity contribution in [2.24, 2.45) is 0 Å². The van der Waals surface area contributed by atoms with Crippen molar-refractivity contribution < 1.29 is 0 Å². The van der Waals surface area contributed by atoms with E-state index >= 15 is 0 Å². The average Bonchev–Trinajstić information content (AvgIpc) is 3.08. The van der Waals surface area contributed by atoms with Crippen molar-refractivity contribution >= 4 is 0 Å². The molecule has 0 aliphatic carbocycles. The molecule has 0 aromatic heterocycles. The van der Waals surface area contributed by atoms with Crippen LogP contribution in [0.3, 0.4) is 0 Å². The van der Waals surface area contributed by atoms with E-state index in [9.17, 15) is 0 Å². The molecule has 0 aromatic carbocycles. The van der Waals surface area contributed by atoms with Crippen LogP contribution in [0.5, 0.6) is 0 Å². The Bertz CT molecular complexity index is 343. The molecule has 24 heavy (non-hydrogen) atoms. The lowest BCUT2D eigenvalue weighted by molar-refractivity contribution is 0.106. The van der Waals surface area contributed by atoms with Gasteiger partial charge in [0, 0.05) is 18.1 Å². The van der Waals surface area contributed by atoms with Gasteiger partial charge in [0.25, 0.3) is 0 Å². The van der Waals surface area contributed by atoms with Gasteiger partial charge in [-0.25, -0.2) is 0 Å². The first-order chi connectivity index (χ1) is 11.7. The summed E-state index contributed by atoms with van der Waals surface area (Å²) >= 11 is 0. The van der Waals surface area contributed by atoms with Gasteiger partial charge in [0.05, 0.1) is 0 Å². The van der Waals surface area contributed by atoms with Gasteiger partial charge in [-0.1, -0.05) is 6.42 Å². The van der Waals surface area contributed by atoms with E-state index < -0.39 is 0 Å². The maximum atomic E-state index is 2.83. The van der Waals surface area contributed by atoms with Gasteiger partial charge in [0.2, 0.25) is 0 Å². The Labute approximate surface area is 150 Å². The molecule has 3 unspecified atom stereocenters. The normalized spacial score (nSPS) is 27.8. The summed E-state index contributed by atoms with van der Waals surface area (Å²) in [5.74, 6) is 0. The molecule has 140 valence electrons. The van der Waals surface area contributed by atoms with E-state index in [-0.39, 0.29) is 0 Å². The largest absolute Gasteiger partial charge is 0.301 e. The number of rotatable bonds is 9. The van der Waals surface area contributed by atoms with E-state index in [0.717, 1.165) is 18.1 Å². The second-order valence-corrected chi connectivity index (χ2v) is 8.74. The number of likely N-dealkylation sites (tertiary alicyclic amines) is 3. The third-order valence-electron chi connectivity index (χ3n) is 7.02. The van der Waals surface area contributed by atoms with Gasteiger partial charge in [-0.05, 0) is 111 Å². The van der Waals surface area contributed by atoms with Gasteiger partial charge in [0.15, 0.2) is 0 Å². The van der Waals surface area contributed by atoms with E-state index in [1.54, 1.807) is 0 Å². The first-order valence-electron chi connectivity index (χ1n) is 11.0. The Balaban J connectivity index is 1.44. The zero-order chi connectivity index (χ0) is 16.8. The molecule has 3 rings (SSSR count). The molecule has 0 spiro atoms. The van der Waals surface area contributed by atoms with Gasteiger partial charge in [-0.3, -0.25) is 0 Å². The quantitative estimate of drug-likeness (QED) is 0.631. The topological polar surface area (TPSA) is 9.72 Å². The maximum absolute atomic E-state index is 2.83. The van der Waals surface area contributed by atoms with Crippen LogP contribution in [0.25, 0.3) is 0 Å². The monoisotopic (exact) mass is 335 g/mol. The Morgan fingerprint density at radius 3 is 1.38 bits per heavy atom. The zero-order valence-corrected chi connectivity index (χ0v) is 16.4. The molecule has 3 atom stereocenters. The highest BCUT2D eigenvalue weighted by Crippen LogP contribution is 2.24. The first kappa shape index (κ1) is 18.7. The molecule has 0 radical (unpaired) electrons. The van der Waals surface area contributed by atoms with E-state index in [0.29, 0.717) is 0 Å². The molecule has 3 fully saturated rings. The van der Waals surface area contributed by atoms with Crippen LogP contribution in [0.4, 0.5) is 0 Å². The summed E-state index contributed by atoms with van der Waals surface area (Å²) in [6, 6.07) is 2.45.